The normalized spacial score (nSPS) is 13.5. The molecule has 3 nitrogen and oxygen atoms in total. The molecule has 4 heteroatoms. The summed E-state index contributed by atoms with van der Waals surface area (Å²) in [6.45, 7) is 4.34. The monoisotopic (exact) mass is 288 g/mol. The fraction of sp³-hybridized carbons (Fsp3) is 0.933. The van der Waals surface area contributed by atoms with Gasteiger partial charge in [0.05, 0.1) is 5.54 Å². The van der Waals surface area contributed by atoms with Gasteiger partial charge in [0.2, 0.25) is 0 Å². The molecule has 0 spiro atoms. The van der Waals surface area contributed by atoms with E-state index in [-0.39, 0.29) is 5.54 Å². The van der Waals surface area contributed by atoms with E-state index in [9.17, 15) is 4.79 Å². The topological polar surface area (TPSA) is 35.5 Å². The average Bonchev–Trinajstić information content (AvgIpc) is 2.45. The third kappa shape index (κ3) is 6.68. The highest BCUT2D eigenvalue weighted by Gasteiger charge is 2.43. The lowest BCUT2D eigenvalue weighted by atomic mass is 10.1. The first kappa shape index (κ1) is 18.8. The van der Waals surface area contributed by atoms with Crippen LogP contribution in [0.3, 0.4) is 0 Å². The van der Waals surface area contributed by atoms with Crippen LogP contribution in [0.4, 0.5) is 0 Å². The predicted molar refractivity (Wildman–Crippen MR) is 82.7 cm³/mol. The molecule has 0 aromatic carbocycles. The molecule has 19 heavy (non-hydrogen) atoms. The smallest absolute Gasteiger partial charge is 0.348 e. The maximum absolute atomic E-state index is 11.4. The molecular weight excluding hydrogens is 256 g/mol. The number of unbranched alkanes of at least 4 members (excludes halogenated alkanes) is 5. The Hall–Kier alpha value is -0.193. The SMILES string of the molecule is CCCCCCCCC(C=O)[Si](CCC)(OC)OC. The number of hydrogen-bond acceptors (Lipinski definition) is 3. The van der Waals surface area contributed by atoms with Gasteiger partial charge in [0, 0.05) is 14.2 Å². The lowest BCUT2D eigenvalue weighted by molar-refractivity contribution is -0.108. The van der Waals surface area contributed by atoms with Gasteiger partial charge >= 0.3 is 8.56 Å². The van der Waals surface area contributed by atoms with Crippen LogP contribution in [-0.2, 0) is 13.6 Å². The Morgan fingerprint density at radius 3 is 2.00 bits per heavy atom. The summed E-state index contributed by atoms with van der Waals surface area (Å²) in [7, 11) is 1.08. The van der Waals surface area contributed by atoms with Crippen LogP contribution in [0.1, 0.15) is 65.2 Å². The van der Waals surface area contributed by atoms with Crippen LogP contribution in [0.15, 0.2) is 0 Å². The first-order valence-corrected chi connectivity index (χ1v) is 9.86. The van der Waals surface area contributed by atoms with E-state index in [1.807, 2.05) is 0 Å². The number of aldehydes is 1. The standard InChI is InChI=1S/C15H32O3Si/c1-5-7-8-9-10-11-12-15(14-16)19(17-3,18-4)13-6-2/h14-15H,5-13H2,1-4H3. The molecule has 0 N–H and O–H groups in total. The molecule has 0 fully saturated rings. The minimum absolute atomic E-state index is 0.0198. The minimum Gasteiger partial charge on any atom is -0.397 e. The van der Waals surface area contributed by atoms with Gasteiger partial charge in [-0.3, -0.25) is 0 Å². The van der Waals surface area contributed by atoms with Crippen LogP contribution in [0.25, 0.3) is 0 Å². The molecule has 0 bridgehead atoms. The van der Waals surface area contributed by atoms with Gasteiger partial charge in [-0.15, -0.1) is 0 Å². The van der Waals surface area contributed by atoms with E-state index in [4.69, 9.17) is 8.85 Å². The summed E-state index contributed by atoms with van der Waals surface area (Å²) in [5, 5.41) is 0. The van der Waals surface area contributed by atoms with Crippen molar-refractivity contribution in [3.05, 3.63) is 0 Å². The molecule has 0 aliphatic carbocycles. The van der Waals surface area contributed by atoms with E-state index in [0.717, 1.165) is 31.6 Å². The van der Waals surface area contributed by atoms with Gasteiger partial charge in [0.15, 0.2) is 0 Å². The molecular formula is C15H32O3Si. The zero-order valence-electron chi connectivity index (χ0n) is 13.2. The van der Waals surface area contributed by atoms with Gasteiger partial charge in [-0.05, 0) is 12.5 Å². The zero-order valence-corrected chi connectivity index (χ0v) is 14.2. The average molecular weight is 289 g/mol. The van der Waals surface area contributed by atoms with Gasteiger partial charge in [-0.1, -0.05) is 58.8 Å². The summed E-state index contributed by atoms with van der Waals surface area (Å²) in [4.78, 5) is 11.4. The first-order chi connectivity index (χ1) is 9.20. The van der Waals surface area contributed by atoms with Crippen molar-refractivity contribution >= 4 is 14.8 Å². The summed E-state index contributed by atoms with van der Waals surface area (Å²) in [5.41, 5.74) is -0.0198. The summed E-state index contributed by atoms with van der Waals surface area (Å²) >= 11 is 0. The molecule has 0 saturated carbocycles. The number of hydrogen-bond donors (Lipinski definition) is 0. The van der Waals surface area contributed by atoms with Crippen molar-refractivity contribution in [2.45, 2.75) is 76.8 Å². The van der Waals surface area contributed by atoms with Crippen molar-refractivity contribution in [2.24, 2.45) is 0 Å². The van der Waals surface area contributed by atoms with Crippen LogP contribution < -0.4 is 0 Å². The Morgan fingerprint density at radius 2 is 1.53 bits per heavy atom. The van der Waals surface area contributed by atoms with E-state index in [0.29, 0.717) is 0 Å². The first-order valence-electron chi connectivity index (χ1n) is 7.76. The van der Waals surface area contributed by atoms with E-state index in [1.165, 1.54) is 32.1 Å². The highest BCUT2D eigenvalue weighted by Crippen LogP contribution is 2.31. The Kier molecular flexibility index (Phi) is 11.5. The zero-order chi connectivity index (χ0) is 14.6. The van der Waals surface area contributed by atoms with Crippen molar-refractivity contribution in [2.75, 3.05) is 14.2 Å². The fourth-order valence-corrected chi connectivity index (χ4v) is 5.76. The highest BCUT2D eigenvalue weighted by molar-refractivity contribution is 6.71. The molecule has 0 aromatic rings. The van der Waals surface area contributed by atoms with Crippen molar-refractivity contribution in [1.29, 1.82) is 0 Å². The Labute approximate surface area is 120 Å². The summed E-state index contributed by atoms with van der Waals surface area (Å²) in [5.74, 6) is 0. The number of rotatable bonds is 13. The predicted octanol–water partition coefficient (Wildman–Crippen LogP) is 4.45. The van der Waals surface area contributed by atoms with Gasteiger partial charge in [0.1, 0.15) is 6.29 Å². The molecule has 0 aliphatic rings. The summed E-state index contributed by atoms with van der Waals surface area (Å²) in [6, 6.07) is 0.902. The highest BCUT2D eigenvalue weighted by atomic mass is 28.4. The number of carbonyl (C=O) groups excluding carboxylic acids is 1. The van der Waals surface area contributed by atoms with Crippen molar-refractivity contribution < 1.29 is 13.6 Å². The fourth-order valence-electron chi connectivity index (χ4n) is 2.66. The van der Waals surface area contributed by atoms with E-state index >= 15 is 0 Å². The molecule has 1 unspecified atom stereocenters. The van der Waals surface area contributed by atoms with Gasteiger partial charge < -0.3 is 13.6 Å². The Bertz CT molecular complexity index is 217. The third-order valence-electron chi connectivity index (χ3n) is 3.89. The van der Waals surface area contributed by atoms with Crippen LogP contribution >= 0.6 is 0 Å². The van der Waals surface area contributed by atoms with Crippen LogP contribution in [-0.4, -0.2) is 29.1 Å². The molecule has 1 atom stereocenters. The molecule has 0 saturated heterocycles. The molecule has 0 aromatic heterocycles. The van der Waals surface area contributed by atoms with Crippen molar-refractivity contribution in [3.8, 4) is 0 Å². The number of carbonyl (C=O) groups is 1. The van der Waals surface area contributed by atoms with Gasteiger partial charge in [0.25, 0.3) is 0 Å². The molecule has 0 heterocycles. The molecule has 0 amide bonds. The van der Waals surface area contributed by atoms with Gasteiger partial charge in [-0.25, -0.2) is 0 Å². The minimum atomic E-state index is -2.32. The van der Waals surface area contributed by atoms with E-state index < -0.39 is 8.56 Å². The summed E-state index contributed by atoms with van der Waals surface area (Å²) in [6.07, 6.45) is 10.5. The maximum atomic E-state index is 11.4. The van der Waals surface area contributed by atoms with Crippen LogP contribution in [0.2, 0.25) is 11.6 Å². The molecule has 114 valence electrons. The van der Waals surface area contributed by atoms with E-state index in [1.54, 1.807) is 14.2 Å². The van der Waals surface area contributed by atoms with Crippen LogP contribution in [0, 0.1) is 0 Å². The lowest BCUT2D eigenvalue weighted by Gasteiger charge is -2.32. The quantitative estimate of drug-likeness (QED) is 0.285. The van der Waals surface area contributed by atoms with Crippen molar-refractivity contribution in [3.63, 3.8) is 0 Å². The Morgan fingerprint density at radius 1 is 0.947 bits per heavy atom. The second-order valence-electron chi connectivity index (χ2n) is 5.27. The maximum Gasteiger partial charge on any atom is 0.348 e. The summed E-state index contributed by atoms with van der Waals surface area (Å²) < 4.78 is 11.3. The lowest BCUT2D eigenvalue weighted by Crippen LogP contribution is -2.45. The Balaban J connectivity index is 4.18. The second kappa shape index (κ2) is 11.6. The second-order valence-corrected chi connectivity index (χ2v) is 8.95. The molecule has 0 rings (SSSR count). The molecule has 0 radical (unpaired) electrons. The third-order valence-corrected chi connectivity index (χ3v) is 8.02. The largest absolute Gasteiger partial charge is 0.397 e. The van der Waals surface area contributed by atoms with Crippen molar-refractivity contribution in [1.82, 2.24) is 0 Å². The van der Waals surface area contributed by atoms with Crippen LogP contribution in [0.5, 0.6) is 0 Å². The molecule has 0 aliphatic heterocycles. The van der Waals surface area contributed by atoms with E-state index in [2.05, 4.69) is 13.8 Å². The van der Waals surface area contributed by atoms with Gasteiger partial charge in [-0.2, -0.15) is 0 Å².